The van der Waals surface area contributed by atoms with Gasteiger partial charge in [0.05, 0.1) is 5.69 Å². The first kappa shape index (κ1) is 20.0. The van der Waals surface area contributed by atoms with E-state index in [4.69, 9.17) is 0 Å². The zero-order chi connectivity index (χ0) is 21.9. The SMILES string of the molecule is CCCCc1ncn(-c2ccnc(C(=O)Nc3cccc(-c4nncn4C4CC4)c3)c2)n1. The maximum atomic E-state index is 12.9. The number of anilines is 1. The van der Waals surface area contributed by atoms with Crippen LogP contribution in [0.4, 0.5) is 5.69 Å². The Bertz CT molecular complexity index is 1240. The number of rotatable bonds is 8. The lowest BCUT2D eigenvalue weighted by Crippen LogP contribution is -2.14. The van der Waals surface area contributed by atoms with E-state index < -0.39 is 0 Å². The number of carbonyl (C=O) groups excluding carboxylic acids is 1. The number of carbonyl (C=O) groups is 1. The summed E-state index contributed by atoms with van der Waals surface area (Å²) in [7, 11) is 0. The molecular formula is C23H24N8O. The Balaban J connectivity index is 1.33. The van der Waals surface area contributed by atoms with E-state index in [1.807, 2.05) is 24.3 Å². The summed E-state index contributed by atoms with van der Waals surface area (Å²) >= 11 is 0. The molecule has 0 saturated heterocycles. The van der Waals surface area contributed by atoms with Crippen LogP contribution in [-0.4, -0.2) is 40.4 Å². The number of hydrogen-bond donors (Lipinski definition) is 1. The fourth-order valence-corrected chi connectivity index (χ4v) is 3.56. The minimum absolute atomic E-state index is 0.293. The van der Waals surface area contributed by atoms with Crippen LogP contribution in [0.15, 0.2) is 55.2 Å². The highest BCUT2D eigenvalue weighted by Crippen LogP contribution is 2.37. The van der Waals surface area contributed by atoms with E-state index >= 15 is 0 Å². The third-order valence-electron chi connectivity index (χ3n) is 5.43. The highest BCUT2D eigenvalue weighted by Gasteiger charge is 2.26. The minimum Gasteiger partial charge on any atom is -0.321 e. The Morgan fingerprint density at radius 1 is 1.16 bits per heavy atom. The maximum Gasteiger partial charge on any atom is 0.274 e. The van der Waals surface area contributed by atoms with Crippen LogP contribution in [0, 0.1) is 0 Å². The van der Waals surface area contributed by atoms with Crippen molar-refractivity contribution in [3.05, 3.63) is 66.8 Å². The van der Waals surface area contributed by atoms with Gasteiger partial charge in [0.15, 0.2) is 11.6 Å². The van der Waals surface area contributed by atoms with Crippen molar-refractivity contribution in [3.8, 4) is 17.1 Å². The normalized spacial score (nSPS) is 13.3. The number of benzene rings is 1. The number of unbranched alkanes of at least 4 members (excludes halogenated alkanes) is 1. The average Bonchev–Trinajstić information content (AvgIpc) is 3.35. The molecule has 3 heterocycles. The highest BCUT2D eigenvalue weighted by atomic mass is 16.1. The summed E-state index contributed by atoms with van der Waals surface area (Å²) in [4.78, 5) is 21.5. The molecule has 0 spiro atoms. The Kier molecular flexibility index (Phi) is 5.45. The van der Waals surface area contributed by atoms with Crippen LogP contribution in [0.5, 0.6) is 0 Å². The quantitative estimate of drug-likeness (QED) is 0.457. The Labute approximate surface area is 185 Å². The Hall–Kier alpha value is -3.88. The van der Waals surface area contributed by atoms with Crippen LogP contribution in [-0.2, 0) is 6.42 Å². The smallest absolute Gasteiger partial charge is 0.274 e. The highest BCUT2D eigenvalue weighted by molar-refractivity contribution is 6.03. The molecule has 1 amide bonds. The standard InChI is InChI=1S/C23H24N8O/c1-2-3-7-21-25-14-31(29-21)19-10-11-24-20(13-19)23(32)27-17-6-4-5-16(12-17)22-28-26-15-30(22)18-8-9-18/h4-6,10-15,18H,2-3,7-9H2,1H3,(H,27,32). The lowest BCUT2D eigenvalue weighted by molar-refractivity contribution is 0.102. The van der Waals surface area contributed by atoms with Gasteiger partial charge in [-0.3, -0.25) is 9.78 Å². The van der Waals surface area contributed by atoms with Gasteiger partial charge in [0.25, 0.3) is 5.91 Å². The summed E-state index contributed by atoms with van der Waals surface area (Å²) in [5.41, 5.74) is 2.63. The lowest BCUT2D eigenvalue weighted by atomic mass is 10.2. The zero-order valence-corrected chi connectivity index (χ0v) is 17.8. The van der Waals surface area contributed by atoms with E-state index in [-0.39, 0.29) is 5.91 Å². The topological polar surface area (TPSA) is 103 Å². The van der Waals surface area contributed by atoms with Gasteiger partial charge in [-0.25, -0.2) is 9.67 Å². The van der Waals surface area contributed by atoms with Gasteiger partial charge in [0.1, 0.15) is 18.3 Å². The second kappa shape index (κ2) is 8.70. The van der Waals surface area contributed by atoms with Gasteiger partial charge in [0, 0.05) is 29.9 Å². The third-order valence-corrected chi connectivity index (χ3v) is 5.43. The Morgan fingerprint density at radius 3 is 2.91 bits per heavy atom. The summed E-state index contributed by atoms with van der Waals surface area (Å²) in [6.45, 7) is 2.14. The number of amides is 1. The first-order chi connectivity index (χ1) is 15.7. The second-order valence-corrected chi connectivity index (χ2v) is 7.94. The summed E-state index contributed by atoms with van der Waals surface area (Å²) in [6, 6.07) is 11.6. The molecule has 3 aromatic heterocycles. The molecule has 0 bridgehead atoms. The molecule has 0 aliphatic heterocycles. The van der Waals surface area contributed by atoms with E-state index in [1.165, 1.54) is 0 Å². The molecule has 1 aliphatic rings. The van der Waals surface area contributed by atoms with Crippen LogP contribution < -0.4 is 5.32 Å². The van der Waals surface area contributed by atoms with Crippen molar-refractivity contribution in [3.63, 3.8) is 0 Å². The fourth-order valence-electron chi connectivity index (χ4n) is 3.56. The van der Waals surface area contributed by atoms with E-state index in [0.29, 0.717) is 17.4 Å². The van der Waals surface area contributed by atoms with Crippen molar-refractivity contribution in [2.24, 2.45) is 0 Å². The van der Waals surface area contributed by atoms with E-state index in [0.717, 1.165) is 55.0 Å². The predicted octanol–water partition coefficient (Wildman–Crippen LogP) is 3.85. The van der Waals surface area contributed by atoms with Gasteiger partial charge in [-0.15, -0.1) is 10.2 Å². The first-order valence-electron chi connectivity index (χ1n) is 10.9. The van der Waals surface area contributed by atoms with Crippen molar-refractivity contribution >= 4 is 11.6 Å². The molecule has 4 aromatic rings. The molecule has 32 heavy (non-hydrogen) atoms. The first-order valence-corrected chi connectivity index (χ1v) is 10.9. The molecule has 9 heteroatoms. The van der Waals surface area contributed by atoms with Crippen LogP contribution in [0.25, 0.3) is 17.1 Å². The molecule has 5 rings (SSSR count). The molecule has 1 N–H and O–H groups in total. The van der Waals surface area contributed by atoms with E-state index in [1.54, 1.807) is 35.7 Å². The minimum atomic E-state index is -0.293. The van der Waals surface area contributed by atoms with Crippen LogP contribution in [0.1, 0.15) is 55.0 Å². The number of pyridine rings is 1. The van der Waals surface area contributed by atoms with Gasteiger partial charge in [0.2, 0.25) is 0 Å². The largest absolute Gasteiger partial charge is 0.321 e. The van der Waals surface area contributed by atoms with Crippen molar-refractivity contribution in [2.75, 3.05) is 5.32 Å². The van der Waals surface area contributed by atoms with Gasteiger partial charge in [-0.2, -0.15) is 5.10 Å². The summed E-state index contributed by atoms with van der Waals surface area (Å²) in [6.07, 6.45) is 10.3. The maximum absolute atomic E-state index is 12.9. The van der Waals surface area contributed by atoms with E-state index in [2.05, 4.69) is 42.1 Å². The molecule has 1 aliphatic carbocycles. The molecule has 1 saturated carbocycles. The van der Waals surface area contributed by atoms with Crippen LogP contribution >= 0.6 is 0 Å². The summed E-state index contributed by atoms with van der Waals surface area (Å²) in [5, 5.41) is 15.8. The molecule has 162 valence electrons. The summed E-state index contributed by atoms with van der Waals surface area (Å²) < 4.78 is 3.77. The molecule has 9 nitrogen and oxygen atoms in total. The average molecular weight is 429 g/mol. The monoisotopic (exact) mass is 428 g/mol. The second-order valence-electron chi connectivity index (χ2n) is 7.94. The van der Waals surface area contributed by atoms with Gasteiger partial charge >= 0.3 is 0 Å². The van der Waals surface area contributed by atoms with Crippen molar-refractivity contribution in [2.45, 2.75) is 45.1 Å². The Morgan fingerprint density at radius 2 is 2.06 bits per heavy atom. The summed E-state index contributed by atoms with van der Waals surface area (Å²) in [5.74, 6) is 1.32. The number of aryl methyl sites for hydroxylation is 1. The molecule has 1 aromatic carbocycles. The number of aromatic nitrogens is 7. The molecule has 0 unspecified atom stereocenters. The number of hydrogen-bond acceptors (Lipinski definition) is 6. The van der Waals surface area contributed by atoms with Gasteiger partial charge in [-0.1, -0.05) is 25.5 Å². The zero-order valence-electron chi connectivity index (χ0n) is 17.8. The third kappa shape index (κ3) is 4.27. The molecule has 0 atom stereocenters. The van der Waals surface area contributed by atoms with Crippen LogP contribution in [0.2, 0.25) is 0 Å². The predicted molar refractivity (Wildman–Crippen MR) is 119 cm³/mol. The van der Waals surface area contributed by atoms with Crippen molar-refractivity contribution < 1.29 is 4.79 Å². The lowest BCUT2D eigenvalue weighted by Gasteiger charge is -2.09. The van der Waals surface area contributed by atoms with E-state index in [9.17, 15) is 4.79 Å². The van der Waals surface area contributed by atoms with Crippen molar-refractivity contribution in [1.29, 1.82) is 0 Å². The molecule has 0 radical (unpaired) electrons. The fraction of sp³-hybridized carbons (Fsp3) is 0.304. The number of nitrogens with zero attached hydrogens (tertiary/aromatic N) is 7. The van der Waals surface area contributed by atoms with Gasteiger partial charge in [-0.05, 0) is 43.5 Å². The molecule has 1 fully saturated rings. The number of nitrogens with one attached hydrogen (secondary N) is 1. The van der Waals surface area contributed by atoms with Crippen molar-refractivity contribution in [1.82, 2.24) is 34.5 Å². The van der Waals surface area contributed by atoms with Gasteiger partial charge < -0.3 is 9.88 Å². The van der Waals surface area contributed by atoms with Crippen LogP contribution in [0.3, 0.4) is 0 Å². The molecular weight excluding hydrogens is 404 g/mol.